The lowest BCUT2D eigenvalue weighted by atomic mass is 9.99. The molecule has 1 heteroatoms. The molecule has 1 unspecified atom stereocenters. The number of unbranched alkanes of at least 4 members (excludes halogenated alkanes) is 4. The van der Waals surface area contributed by atoms with Crippen molar-refractivity contribution in [2.45, 2.75) is 70.5 Å². The first-order chi connectivity index (χ1) is 5.62. The Balaban J connectivity index is 3.19. The SMILES string of the molecule is CCCCCCCC(C)(S)CC. The van der Waals surface area contributed by atoms with Crippen molar-refractivity contribution in [2.75, 3.05) is 0 Å². The van der Waals surface area contributed by atoms with Crippen molar-refractivity contribution in [1.82, 2.24) is 0 Å². The minimum absolute atomic E-state index is 0.284. The first-order valence-electron chi connectivity index (χ1n) is 5.34. The van der Waals surface area contributed by atoms with Gasteiger partial charge in [-0.3, -0.25) is 0 Å². The summed E-state index contributed by atoms with van der Waals surface area (Å²) in [5.41, 5.74) is 0. The van der Waals surface area contributed by atoms with Gasteiger partial charge in [0.25, 0.3) is 0 Å². The topological polar surface area (TPSA) is 0 Å². The zero-order valence-electron chi connectivity index (χ0n) is 8.90. The van der Waals surface area contributed by atoms with Crippen LogP contribution in [0, 0.1) is 0 Å². The van der Waals surface area contributed by atoms with Gasteiger partial charge in [0.15, 0.2) is 0 Å². The maximum Gasteiger partial charge on any atom is 0.00987 e. The lowest BCUT2D eigenvalue weighted by molar-refractivity contribution is 0.515. The highest BCUT2D eigenvalue weighted by Crippen LogP contribution is 2.25. The zero-order valence-corrected chi connectivity index (χ0v) is 9.79. The highest BCUT2D eigenvalue weighted by atomic mass is 32.1. The Bertz CT molecular complexity index is 97.2. The molecule has 1 atom stereocenters. The fourth-order valence-corrected chi connectivity index (χ4v) is 1.44. The van der Waals surface area contributed by atoms with Crippen molar-refractivity contribution in [3.05, 3.63) is 0 Å². The number of hydrogen-bond acceptors (Lipinski definition) is 1. The van der Waals surface area contributed by atoms with Crippen molar-refractivity contribution in [3.63, 3.8) is 0 Å². The van der Waals surface area contributed by atoms with Crippen LogP contribution in [0.2, 0.25) is 0 Å². The monoisotopic (exact) mass is 188 g/mol. The van der Waals surface area contributed by atoms with Crippen molar-refractivity contribution in [3.8, 4) is 0 Å². The van der Waals surface area contributed by atoms with Crippen LogP contribution in [0.15, 0.2) is 0 Å². The molecule has 0 bridgehead atoms. The molecule has 0 heterocycles. The van der Waals surface area contributed by atoms with Crippen LogP contribution in [0.4, 0.5) is 0 Å². The summed E-state index contributed by atoms with van der Waals surface area (Å²) in [4.78, 5) is 0. The molecule has 0 saturated heterocycles. The molecule has 0 aromatic heterocycles. The minimum atomic E-state index is 0.284. The average molecular weight is 188 g/mol. The van der Waals surface area contributed by atoms with Gasteiger partial charge in [0.05, 0.1) is 0 Å². The van der Waals surface area contributed by atoms with Gasteiger partial charge in [-0.15, -0.1) is 0 Å². The average Bonchev–Trinajstić information content (AvgIpc) is 2.04. The summed E-state index contributed by atoms with van der Waals surface area (Å²) in [6.45, 7) is 6.73. The molecule has 0 radical (unpaired) electrons. The van der Waals surface area contributed by atoms with Crippen molar-refractivity contribution in [2.24, 2.45) is 0 Å². The molecular weight excluding hydrogens is 164 g/mol. The normalized spacial score (nSPS) is 16.0. The van der Waals surface area contributed by atoms with E-state index in [1.54, 1.807) is 0 Å². The van der Waals surface area contributed by atoms with E-state index in [9.17, 15) is 0 Å². The third-order valence-corrected chi connectivity index (χ3v) is 3.12. The summed E-state index contributed by atoms with van der Waals surface area (Å²) in [5.74, 6) is 0. The Hall–Kier alpha value is 0.350. The Kier molecular flexibility index (Phi) is 7.02. The van der Waals surface area contributed by atoms with Gasteiger partial charge in [0.2, 0.25) is 0 Å². The summed E-state index contributed by atoms with van der Waals surface area (Å²) >= 11 is 4.61. The van der Waals surface area contributed by atoms with Gasteiger partial charge in [0.1, 0.15) is 0 Å². The van der Waals surface area contributed by atoms with Gasteiger partial charge < -0.3 is 0 Å². The number of hydrogen-bond donors (Lipinski definition) is 1. The van der Waals surface area contributed by atoms with Crippen LogP contribution in [0.3, 0.4) is 0 Å². The highest BCUT2D eigenvalue weighted by molar-refractivity contribution is 7.81. The van der Waals surface area contributed by atoms with E-state index >= 15 is 0 Å². The maximum atomic E-state index is 4.61. The third kappa shape index (κ3) is 7.02. The van der Waals surface area contributed by atoms with Crippen LogP contribution < -0.4 is 0 Å². The maximum absolute atomic E-state index is 4.61. The molecule has 0 aromatic rings. The molecule has 0 aromatic carbocycles. The van der Waals surface area contributed by atoms with Crippen molar-refractivity contribution < 1.29 is 0 Å². The molecule has 0 N–H and O–H groups in total. The molecule has 0 saturated carbocycles. The van der Waals surface area contributed by atoms with E-state index in [-0.39, 0.29) is 4.75 Å². The molecule has 0 rings (SSSR count). The summed E-state index contributed by atoms with van der Waals surface area (Å²) in [5, 5.41) is 0. The number of rotatable bonds is 7. The van der Waals surface area contributed by atoms with Crippen LogP contribution in [0.25, 0.3) is 0 Å². The molecule has 12 heavy (non-hydrogen) atoms. The van der Waals surface area contributed by atoms with E-state index in [0.29, 0.717) is 0 Å². The van der Waals surface area contributed by atoms with Crippen LogP contribution in [-0.4, -0.2) is 4.75 Å². The first kappa shape index (κ1) is 12.3. The van der Waals surface area contributed by atoms with E-state index in [1.165, 1.54) is 44.9 Å². The van der Waals surface area contributed by atoms with Gasteiger partial charge in [0, 0.05) is 4.75 Å². The highest BCUT2D eigenvalue weighted by Gasteiger charge is 2.14. The van der Waals surface area contributed by atoms with Gasteiger partial charge in [-0.25, -0.2) is 0 Å². The van der Waals surface area contributed by atoms with E-state index in [0.717, 1.165) is 0 Å². The van der Waals surface area contributed by atoms with Crippen molar-refractivity contribution >= 4 is 12.6 Å². The van der Waals surface area contributed by atoms with E-state index in [1.807, 2.05) is 0 Å². The van der Waals surface area contributed by atoms with Crippen LogP contribution in [0.5, 0.6) is 0 Å². The fourth-order valence-electron chi connectivity index (χ4n) is 1.29. The zero-order chi connectivity index (χ0) is 9.45. The summed E-state index contributed by atoms with van der Waals surface area (Å²) in [6.07, 6.45) is 9.35. The predicted octanol–water partition coefficient (Wildman–Crippen LogP) is 4.45. The second-order valence-corrected chi connectivity index (χ2v) is 5.09. The summed E-state index contributed by atoms with van der Waals surface area (Å²) in [6, 6.07) is 0. The van der Waals surface area contributed by atoms with Crippen molar-refractivity contribution in [1.29, 1.82) is 0 Å². The summed E-state index contributed by atoms with van der Waals surface area (Å²) in [7, 11) is 0. The smallest absolute Gasteiger partial charge is 0.00987 e. The Morgan fingerprint density at radius 1 is 1.00 bits per heavy atom. The molecule has 0 nitrogen and oxygen atoms in total. The minimum Gasteiger partial charge on any atom is -0.173 e. The van der Waals surface area contributed by atoms with Gasteiger partial charge in [-0.05, 0) is 12.8 Å². The molecule has 0 aliphatic rings. The second kappa shape index (κ2) is 6.82. The summed E-state index contributed by atoms with van der Waals surface area (Å²) < 4.78 is 0.284. The van der Waals surface area contributed by atoms with E-state index < -0.39 is 0 Å². The van der Waals surface area contributed by atoms with E-state index in [4.69, 9.17) is 0 Å². The molecule has 0 spiro atoms. The number of thiol groups is 1. The van der Waals surface area contributed by atoms with Gasteiger partial charge in [-0.1, -0.05) is 52.9 Å². The van der Waals surface area contributed by atoms with Gasteiger partial charge >= 0.3 is 0 Å². The van der Waals surface area contributed by atoms with Crippen LogP contribution in [-0.2, 0) is 0 Å². The van der Waals surface area contributed by atoms with Crippen LogP contribution >= 0.6 is 12.6 Å². The predicted molar refractivity (Wildman–Crippen MR) is 61.1 cm³/mol. The quantitative estimate of drug-likeness (QED) is 0.443. The Labute approximate surface area is 83.5 Å². The first-order valence-corrected chi connectivity index (χ1v) is 5.79. The van der Waals surface area contributed by atoms with Crippen LogP contribution in [0.1, 0.15) is 65.7 Å². The second-order valence-electron chi connectivity index (χ2n) is 4.01. The molecule has 0 aliphatic heterocycles. The standard InChI is InChI=1S/C11H24S/c1-4-6-7-8-9-10-11(3,12)5-2/h12H,4-10H2,1-3H3. The van der Waals surface area contributed by atoms with Gasteiger partial charge in [-0.2, -0.15) is 12.6 Å². The molecular formula is C11H24S. The molecule has 0 amide bonds. The molecule has 74 valence electrons. The largest absolute Gasteiger partial charge is 0.173 e. The lowest BCUT2D eigenvalue weighted by Crippen LogP contribution is -2.14. The molecule has 0 aliphatic carbocycles. The van der Waals surface area contributed by atoms with E-state index in [2.05, 4.69) is 33.4 Å². The third-order valence-electron chi connectivity index (χ3n) is 2.58. The fraction of sp³-hybridized carbons (Fsp3) is 1.00. The molecule has 0 fully saturated rings. The Morgan fingerprint density at radius 2 is 1.58 bits per heavy atom. The lowest BCUT2D eigenvalue weighted by Gasteiger charge is -2.20. The Morgan fingerprint density at radius 3 is 2.08 bits per heavy atom.